The van der Waals surface area contributed by atoms with Crippen molar-refractivity contribution in [2.24, 2.45) is 0 Å². The van der Waals surface area contributed by atoms with Crippen molar-refractivity contribution in [2.75, 3.05) is 11.2 Å². The van der Waals surface area contributed by atoms with E-state index in [1.165, 1.54) is 0 Å². The molecule has 0 aromatic carbocycles. The van der Waals surface area contributed by atoms with Crippen LogP contribution in [0, 0.1) is 0 Å². The van der Waals surface area contributed by atoms with Crippen LogP contribution in [0.25, 0.3) is 0 Å². The Bertz CT molecular complexity index is 281. The largest absolute Gasteiger partial charge is 0.367 e. The average Bonchev–Trinajstić information content (AvgIpc) is 2.18. The molecule has 1 heterocycles. The Morgan fingerprint density at radius 1 is 1.64 bits per heavy atom. The number of hydrogen-bond acceptors (Lipinski definition) is 2. The SMILES string of the molecule is CC(CCCCl)Nc1ncccc1Br. The molecule has 0 spiro atoms. The van der Waals surface area contributed by atoms with E-state index < -0.39 is 0 Å². The molecule has 1 rings (SSSR count). The molecule has 0 amide bonds. The number of pyridine rings is 1. The summed E-state index contributed by atoms with van der Waals surface area (Å²) in [6, 6.07) is 4.28. The van der Waals surface area contributed by atoms with Crippen LogP contribution in [0.5, 0.6) is 0 Å². The first-order chi connectivity index (χ1) is 6.74. The molecule has 1 aromatic rings. The molecule has 78 valence electrons. The van der Waals surface area contributed by atoms with Crippen LogP contribution in [0.15, 0.2) is 22.8 Å². The van der Waals surface area contributed by atoms with Gasteiger partial charge in [0.05, 0.1) is 4.47 Å². The van der Waals surface area contributed by atoms with Crippen LogP contribution in [0.1, 0.15) is 19.8 Å². The minimum absolute atomic E-state index is 0.403. The molecule has 0 saturated heterocycles. The predicted octanol–water partition coefficient (Wildman–Crippen LogP) is 3.66. The molecule has 1 aromatic heterocycles. The number of alkyl halides is 1. The number of nitrogens with zero attached hydrogens (tertiary/aromatic N) is 1. The van der Waals surface area contributed by atoms with Gasteiger partial charge in [0.15, 0.2) is 0 Å². The van der Waals surface area contributed by atoms with E-state index in [1.807, 2.05) is 12.1 Å². The standard InChI is InChI=1S/C10H14BrClN2/c1-8(4-2-6-12)14-10-9(11)5-3-7-13-10/h3,5,7-8H,2,4,6H2,1H3,(H,13,14). The van der Waals surface area contributed by atoms with Gasteiger partial charge in [-0.05, 0) is 47.8 Å². The second-order valence-corrected chi connectivity index (χ2v) is 4.44. The molecule has 0 aliphatic heterocycles. The van der Waals surface area contributed by atoms with Gasteiger partial charge in [-0.15, -0.1) is 11.6 Å². The van der Waals surface area contributed by atoms with Gasteiger partial charge in [-0.25, -0.2) is 4.98 Å². The van der Waals surface area contributed by atoms with Crippen molar-refractivity contribution in [3.63, 3.8) is 0 Å². The van der Waals surface area contributed by atoms with Crippen LogP contribution >= 0.6 is 27.5 Å². The molecule has 0 fully saturated rings. The average molecular weight is 278 g/mol. The maximum Gasteiger partial charge on any atom is 0.140 e. The summed E-state index contributed by atoms with van der Waals surface area (Å²) in [5.41, 5.74) is 0. The Morgan fingerprint density at radius 2 is 2.43 bits per heavy atom. The van der Waals surface area contributed by atoms with Crippen molar-refractivity contribution in [3.05, 3.63) is 22.8 Å². The van der Waals surface area contributed by atoms with Crippen molar-refractivity contribution >= 4 is 33.3 Å². The fourth-order valence-corrected chi connectivity index (χ4v) is 1.70. The molecule has 4 heteroatoms. The summed E-state index contributed by atoms with van der Waals surface area (Å²) in [4.78, 5) is 4.24. The Kier molecular flexibility index (Phi) is 5.26. The summed E-state index contributed by atoms with van der Waals surface area (Å²) in [6.07, 6.45) is 3.87. The monoisotopic (exact) mass is 276 g/mol. The highest BCUT2D eigenvalue weighted by molar-refractivity contribution is 9.10. The van der Waals surface area contributed by atoms with Gasteiger partial charge in [0, 0.05) is 18.1 Å². The van der Waals surface area contributed by atoms with E-state index in [-0.39, 0.29) is 0 Å². The van der Waals surface area contributed by atoms with Crippen LogP contribution in [0.2, 0.25) is 0 Å². The molecular weight excluding hydrogens is 263 g/mol. The molecule has 0 aliphatic rings. The highest BCUT2D eigenvalue weighted by Gasteiger charge is 2.04. The lowest BCUT2D eigenvalue weighted by Gasteiger charge is -2.14. The van der Waals surface area contributed by atoms with Gasteiger partial charge in [0.25, 0.3) is 0 Å². The first-order valence-corrected chi connectivity index (χ1v) is 6.00. The first kappa shape index (κ1) is 11.8. The number of anilines is 1. The molecule has 1 atom stereocenters. The number of nitrogens with one attached hydrogen (secondary N) is 1. The van der Waals surface area contributed by atoms with Gasteiger partial charge in [-0.2, -0.15) is 0 Å². The van der Waals surface area contributed by atoms with Crippen LogP contribution in [0.4, 0.5) is 5.82 Å². The highest BCUT2D eigenvalue weighted by atomic mass is 79.9. The van der Waals surface area contributed by atoms with Crippen molar-refractivity contribution in [3.8, 4) is 0 Å². The van der Waals surface area contributed by atoms with Crippen LogP contribution in [0.3, 0.4) is 0 Å². The fourth-order valence-electron chi connectivity index (χ4n) is 1.18. The van der Waals surface area contributed by atoms with E-state index in [2.05, 4.69) is 33.2 Å². The van der Waals surface area contributed by atoms with Gasteiger partial charge >= 0.3 is 0 Å². The summed E-state index contributed by atoms with van der Waals surface area (Å²) in [5.74, 6) is 1.62. The predicted molar refractivity (Wildman–Crippen MR) is 65.0 cm³/mol. The van der Waals surface area contributed by atoms with Gasteiger partial charge < -0.3 is 5.32 Å². The second-order valence-electron chi connectivity index (χ2n) is 3.21. The van der Waals surface area contributed by atoms with E-state index in [1.54, 1.807) is 6.20 Å². The van der Waals surface area contributed by atoms with Gasteiger partial charge in [-0.1, -0.05) is 0 Å². The number of halogens is 2. The number of aromatic nitrogens is 1. The summed E-state index contributed by atoms with van der Waals surface area (Å²) in [6.45, 7) is 2.13. The Balaban J connectivity index is 2.47. The van der Waals surface area contributed by atoms with Gasteiger partial charge in [0.2, 0.25) is 0 Å². The smallest absolute Gasteiger partial charge is 0.140 e. The fraction of sp³-hybridized carbons (Fsp3) is 0.500. The van der Waals surface area contributed by atoms with Crippen LogP contribution in [-0.4, -0.2) is 16.9 Å². The maximum atomic E-state index is 5.63. The molecule has 1 N–H and O–H groups in total. The number of hydrogen-bond donors (Lipinski definition) is 1. The molecule has 0 bridgehead atoms. The van der Waals surface area contributed by atoms with Crippen LogP contribution < -0.4 is 5.32 Å². The summed E-state index contributed by atoms with van der Waals surface area (Å²) in [5, 5.41) is 3.33. The summed E-state index contributed by atoms with van der Waals surface area (Å²) >= 11 is 9.07. The van der Waals surface area contributed by atoms with Gasteiger partial charge in [-0.3, -0.25) is 0 Å². The summed E-state index contributed by atoms with van der Waals surface area (Å²) < 4.78 is 0.998. The van der Waals surface area contributed by atoms with E-state index in [0.29, 0.717) is 6.04 Å². The van der Waals surface area contributed by atoms with Crippen molar-refractivity contribution in [1.29, 1.82) is 0 Å². The molecular formula is C10H14BrClN2. The Labute approximate surface area is 98.2 Å². The van der Waals surface area contributed by atoms with Crippen molar-refractivity contribution < 1.29 is 0 Å². The van der Waals surface area contributed by atoms with Crippen LogP contribution in [-0.2, 0) is 0 Å². The van der Waals surface area contributed by atoms with E-state index in [0.717, 1.165) is 29.0 Å². The zero-order valence-electron chi connectivity index (χ0n) is 8.13. The first-order valence-electron chi connectivity index (χ1n) is 4.67. The van der Waals surface area contributed by atoms with E-state index in [4.69, 9.17) is 11.6 Å². The zero-order valence-corrected chi connectivity index (χ0v) is 10.5. The lowest BCUT2D eigenvalue weighted by molar-refractivity contribution is 0.690. The zero-order chi connectivity index (χ0) is 10.4. The van der Waals surface area contributed by atoms with Crippen molar-refractivity contribution in [1.82, 2.24) is 4.98 Å². The molecule has 2 nitrogen and oxygen atoms in total. The number of rotatable bonds is 5. The quantitative estimate of drug-likeness (QED) is 0.831. The van der Waals surface area contributed by atoms with E-state index in [9.17, 15) is 0 Å². The third-order valence-corrected chi connectivity index (χ3v) is 2.82. The lowest BCUT2D eigenvalue weighted by Crippen LogP contribution is -2.16. The van der Waals surface area contributed by atoms with Crippen molar-refractivity contribution in [2.45, 2.75) is 25.8 Å². The second kappa shape index (κ2) is 6.25. The minimum atomic E-state index is 0.403. The third-order valence-electron chi connectivity index (χ3n) is 1.91. The Morgan fingerprint density at radius 3 is 3.07 bits per heavy atom. The van der Waals surface area contributed by atoms with Gasteiger partial charge in [0.1, 0.15) is 5.82 Å². The topological polar surface area (TPSA) is 24.9 Å². The lowest BCUT2D eigenvalue weighted by atomic mass is 10.2. The Hall–Kier alpha value is -0.280. The normalized spacial score (nSPS) is 12.5. The molecule has 1 unspecified atom stereocenters. The molecule has 0 aliphatic carbocycles. The third kappa shape index (κ3) is 3.84. The molecule has 0 radical (unpaired) electrons. The summed E-state index contributed by atoms with van der Waals surface area (Å²) in [7, 11) is 0. The maximum absolute atomic E-state index is 5.63. The molecule has 0 saturated carbocycles. The van der Waals surface area contributed by atoms with E-state index >= 15 is 0 Å². The minimum Gasteiger partial charge on any atom is -0.367 e. The molecule has 14 heavy (non-hydrogen) atoms. The highest BCUT2D eigenvalue weighted by Crippen LogP contribution is 2.19.